The molecular weight excluding hydrogens is 364 g/mol. The normalized spacial score (nSPS) is 9.85. The monoisotopic (exact) mass is 384 g/mol. The van der Waals surface area contributed by atoms with Crippen molar-refractivity contribution in [3.05, 3.63) is 71.8 Å². The van der Waals surface area contributed by atoms with Gasteiger partial charge in [0, 0.05) is 25.2 Å². The summed E-state index contributed by atoms with van der Waals surface area (Å²) in [6.07, 6.45) is -0.450. The average molecular weight is 384 g/mol. The molecule has 7 nitrogen and oxygen atoms in total. The van der Waals surface area contributed by atoms with Gasteiger partial charge in [-0.05, 0) is 12.1 Å². The number of hydrazine groups is 2. The Hall–Kier alpha value is -3.26. The summed E-state index contributed by atoms with van der Waals surface area (Å²) in [7, 11) is 3.01. The maximum atomic E-state index is 12.2. The van der Waals surface area contributed by atoms with Crippen LogP contribution in [-0.2, 0) is 9.59 Å². The molecule has 27 heavy (non-hydrogen) atoms. The molecule has 0 aliphatic rings. The van der Waals surface area contributed by atoms with Crippen LogP contribution >= 0.6 is 12.2 Å². The number of hydrogen-bond donors (Lipinski definition) is 2. The van der Waals surface area contributed by atoms with Crippen molar-refractivity contribution in [1.29, 1.82) is 0 Å². The molecule has 140 valence electrons. The zero-order valence-corrected chi connectivity index (χ0v) is 15.8. The number of hydrogen-bond acceptors (Lipinski definition) is 4. The Kier molecular flexibility index (Phi) is 7.01. The van der Waals surface area contributed by atoms with E-state index in [1.807, 2.05) is 30.3 Å². The summed E-state index contributed by atoms with van der Waals surface area (Å²) in [5.41, 5.74) is 6.11. The highest BCUT2D eigenvalue weighted by molar-refractivity contribution is 7.80. The molecule has 2 aromatic carbocycles. The summed E-state index contributed by atoms with van der Waals surface area (Å²) in [5.74, 6) is -1.54. The Labute approximate surface area is 162 Å². The smallest absolute Gasteiger partial charge is 0.272 e. The van der Waals surface area contributed by atoms with Gasteiger partial charge < -0.3 is 0 Å². The number of rotatable bonds is 4. The van der Waals surface area contributed by atoms with Crippen LogP contribution in [0, 0.1) is 0 Å². The van der Waals surface area contributed by atoms with Crippen LogP contribution in [0.4, 0.5) is 0 Å². The van der Waals surface area contributed by atoms with E-state index >= 15 is 0 Å². The molecule has 0 fully saturated rings. The lowest BCUT2D eigenvalue weighted by Gasteiger charge is -2.22. The van der Waals surface area contributed by atoms with Crippen molar-refractivity contribution >= 4 is 34.9 Å². The van der Waals surface area contributed by atoms with Crippen LogP contribution < -0.4 is 10.9 Å². The van der Waals surface area contributed by atoms with E-state index in [4.69, 9.17) is 12.2 Å². The molecule has 0 bridgehead atoms. The maximum absolute atomic E-state index is 12.2. The lowest BCUT2D eigenvalue weighted by molar-refractivity contribution is -0.132. The molecule has 0 atom stereocenters. The molecule has 0 spiro atoms. The minimum Gasteiger partial charge on any atom is -0.277 e. The van der Waals surface area contributed by atoms with Crippen molar-refractivity contribution in [3.63, 3.8) is 0 Å². The molecule has 0 aromatic heterocycles. The number of thiocarbonyl (C=S) groups is 1. The molecule has 0 saturated heterocycles. The van der Waals surface area contributed by atoms with Crippen molar-refractivity contribution in [2.75, 3.05) is 14.1 Å². The fourth-order valence-corrected chi connectivity index (χ4v) is 2.43. The van der Waals surface area contributed by atoms with Crippen molar-refractivity contribution in [3.8, 4) is 0 Å². The first kappa shape index (κ1) is 20.1. The lowest BCUT2D eigenvalue weighted by Crippen LogP contribution is -2.47. The average Bonchev–Trinajstić information content (AvgIpc) is 2.67. The van der Waals surface area contributed by atoms with Crippen molar-refractivity contribution in [1.82, 2.24) is 20.9 Å². The van der Waals surface area contributed by atoms with E-state index in [1.165, 1.54) is 12.1 Å². The Morgan fingerprint density at radius 2 is 1.22 bits per heavy atom. The predicted molar refractivity (Wildman–Crippen MR) is 105 cm³/mol. The van der Waals surface area contributed by atoms with Gasteiger partial charge in [0.05, 0.1) is 0 Å². The number of benzene rings is 2. The number of carbonyl (C=O) groups is 3. The van der Waals surface area contributed by atoms with E-state index in [2.05, 4.69) is 10.9 Å². The first-order valence-electron chi connectivity index (χ1n) is 8.13. The van der Waals surface area contributed by atoms with Crippen molar-refractivity contribution in [2.45, 2.75) is 6.42 Å². The maximum Gasteiger partial charge on any atom is 0.272 e. The first-order valence-corrected chi connectivity index (χ1v) is 8.54. The summed E-state index contributed by atoms with van der Waals surface area (Å²) < 4.78 is 0. The lowest BCUT2D eigenvalue weighted by atomic mass is 10.2. The number of nitrogens with one attached hydrogen (secondary N) is 2. The molecule has 2 aromatic rings. The second-order valence-corrected chi connectivity index (χ2v) is 6.09. The van der Waals surface area contributed by atoms with Crippen LogP contribution in [0.3, 0.4) is 0 Å². The molecule has 0 unspecified atom stereocenters. The highest BCUT2D eigenvalue weighted by atomic mass is 32.1. The summed E-state index contributed by atoms with van der Waals surface area (Å²) in [5, 5.41) is 2.42. The zero-order chi connectivity index (χ0) is 19.8. The van der Waals surface area contributed by atoms with Crippen LogP contribution in [0.5, 0.6) is 0 Å². The quantitative estimate of drug-likeness (QED) is 0.475. The summed E-state index contributed by atoms with van der Waals surface area (Å²) in [6.45, 7) is 0. The third-order valence-corrected chi connectivity index (χ3v) is 4.07. The Morgan fingerprint density at radius 1 is 0.778 bits per heavy atom. The van der Waals surface area contributed by atoms with Gasteiger partial charge in [-0.3, -0.25) is 35.3 Å². The van der Waals surface area contributed by atoms with Gasteiger partial charge in [0.15, 0.2) is 0 Å². The van der Waals surface area contributed by atoms with E-state index in [0.717, 1.165) is 10.6 Å². The third kappa shape index (κ3) is 5.89. The largest absolute Gasteiger partial charge is 0.277 e. The van der Waals surface area contributed by atoms with Crippen LogP contribution in [0.15, 0.2) is 60.7 Å². The molecular formula is C19H20N4O3S. The minimum atomic E-state index is -0.613. The molecule has 0 heterocycles. The number of carbonyl (C=O) groups excluding carboxylic acids is 3. The van der Waals surface area contributed by atoms with Gasteiger partial charge in [-0.25, -0.2) is 0 Å². The van der Waals surface area contributed by atoms with E-state index in [1.54, 1.807) is 37.4 Å². The van der Waals surface area contributed by atoms with E-state index in [-0.39, 0.29) is 5.91 Å². The van der Waals surface area contributed by atoms with Crippen LogP contribution in [0.1, 0.15) is 22.3 Å². The standard InChI is InChI=1S/C19H20N4O3S/c1-22(18(26)14-9-5-3-6-10-14)20-16(24)13-17(25)21-23(2)19(27)15-11-7-4-8-12-15/h3-12H,13H2,1-2H3,(H,20,24)(H,21,25). The van der Waals surface area contributed by atoms with Crippen LogP contribution in [0.2, 0.25) is 0 Å². The van der Waals surface area contributed by atoms with Gasteiger partial charge in [0.1, 0.15) is 11.4 Å². The van der Waals surface area contributed by atoms with E-state index in [9.17, 15) is 14.4 Å². The van der Waals surface area contributed by atoms with E-state index < -0.39 is 18.2 Å². The zero-order valence-electron chi connectivity index (χ0n) is 15.0. The van der Waals surface area contributed by atoms with Gasteiger partial charge >= 0.3 is 0 Å². The molecule has 0 saturated carbocycles. The molecule has 0 radical (unpaired) electrons. The Balaban J connectivity index is 1.83. The van der Waals surface area contributed by atoms with Crippen LogP contribution in [-0.4, -0.2) is 46.8 Å². The molecule has 2 rings (SSSR count). The molecule has 8 heteroatoms. The van der Waals surface area contributed by atoms with Crippen LogP contribution in [0.25, 0.3) is 0 Å². The minimum absolute atomic E-state index is 0.383. The summed E-state index contributed by atoms with van der Waals surface area (Å²) in [4.78, 5) is 36.6. The second kappa shape index (κ2) is 9.44. The number of nitrogens with zero attached hydrogens (tertiary/aromatic N) is 2. The van der Waals surface area contributed by atoms with Crippen molar-refractivity contribution in [2.24, 2.45) is 0 Å². The molecule has 3 amide bonds. The highest BCUT2D eigenvalue weighted by Gasteiger charge is 2.17. The predicted octanol–water partition coefficient (Wildman–Crippen LogP) is 1.52. The van der Waals surface area contributed by atoms with Gasteiger partial charge in [0.25, 0.3) is 5.91 Å². The van der Waals surface area contributed by atoms with E-state index in [0.29, 0.717) is 10.6 Å². The van der Waals surface area contributed by atoms with Gasteiger partial charge in [0.2, 0.25) is 11.8 Å². The third-order valence-electron chi connectivity index (χ3n) is 3.56. The fraction of sp³-hybridized carbons (Fsp3) is 0.158. The first-order chi connectivity index (χ1) is 12.9. The second-order valence-electron chi connectivity index (χ2n) is 5.71. The summed E-state index contributed by atoms with van der Waals surface area (Å²) in [6, 6.07) is 17.7. The summed E-state index contributed by atoms with van der Waals surface area (Å²) >= 11 is 5.29. The number of amides is 3. The van der Waals surface area contributed by atoms with Gasteiger partial charge in [-0.1, -0.05) is 60.7 Å². The van der Waals surface area contributed by atoms with Crippen molar-refractivity contribution < 1.29 is 14.4 Å². The Bertz CT molecular complexity index is 758. The molecule has 2 N–H and O–H groups in total. The highest BCUT2D eigenvalue weighted by Crippen LogP contribution is 2.04. The van der Waals surface area contributed by atoms with Gasteiger partial charge in [-0.2, -0.15) is 0 Å². The molecule has 0 aliphatic carbocycles. The topological polar surface area (TPSA) is 81.8 Å². The molecule has 0 aliphatic heterocycles. The SMILES string of the molecule is CN(NC(=O)CC(=O)NN(C)C(=S)c1ccccc1)C(=O)c1ccccc1. The Morgan fingerprint density at radius 3 is 1.74 bits per heavy atom. The van der Waals surface area contributed by atoms with Gasteiger partial charge in [-0.15, -0.1) is 0 Å². The fourth-order valence-electron chi connectivity index (χ4n) is 2.25.